The van der Waals surface area contributed by atoms with Gasteiger partial charge in [-0.2, -0.15) is 0 Å². The first kappa shape index (κ1) is 13.0. The number of carboxylic acid groups (broad SMARTS) is 1. The number of anilines is 1. The molecule has 3 rings (SSSR count). The second-order valence-electron chi connectivity index (χ2n) is 5.73. The molecule has 106 valence electrons. The quantitative estimate of drug-likeness (QED) is 0.761. The van der Waals surface area contributed by atoms with Crippen LogP contribution in [0.2, 0.25) is 0 Å². The molecule has 3 N–H and O–H groups in total. The molecule has 20 heavy (non-hydrogen) atoms. The van der Waals surface area contributed by atoms with Crippen LogP contribution in [0.15, 0.2) is 24.3 Å². The molecule has 1 aromatic rings. The third-order valence-electron chi connectivity index (χ3n) is 4.30. The van der Waals surface area contributed by atoms with Crippen LogP contribution in [-0.4, -0.2) is 30.1 Å². The summed E-state index contributed by atoms with van der Waals surface area (Å²) < 4.78 is 0. The van der Waals surface area contributed by atoms with E-state index in [1.165, 1.54) is 5.56 Å². The van der Waals surface area contributed by atoms with E-state index in [4.69, 9.17) is 5.11 Å². The first-order chi connectivity index (χ1) is 9.61. The van der Waals surface area contributed by atoms with Crippen LogP contribution in [0.4, 0.5) is 5.69 Å². The normalized spacial score (nSPS) is 21.7. The van der Waals surface area contributed by atoms with Crippen LogP contribution in [0, 0.1) is 5.41 Å². The molecule has 1 saturated carbocycles. The Balaban J connectivity index is 1.54. The van der Waals surface area contributed by atoms with Gasteiger partial charge in [-0.25, -0.2) is 0 Å². The lowest BCUT2D eigenvalue weighted by molar-refractivity contribution is -0.143. The van der Waals surface area contributed by atoms with E-state index in [0.29, 0.717) is 19.3 Å². The first-order valence-electron chi connectivity index (χ1n) is 6.94. The number of carboxylic acids is 1. The van der Waals surface area contributed by atoms with Crippen molar-refractivity contribution in [2.24, 2.45) is 5.41 Å². The topological polar surface area (TPSA) is 78.4 Å². The monoisotopic (exact) mass is 274 g/mol. The van der Waals surface area contributed by atoms with E-state index >= 15 is 0 Å². The van der Waals surface area contributed by atoms with Crippen LogP contribution < -0.4 is 10.6 Å². The fourth-order valence-corrected chi connectivity index (χ4v) is 2.72. The highest BCUT2D eigenvalue weighted by molar-refractivity contribution is 5.81. The standard InChI is InChI=1S/C15H18N2O3/c18-13(17-9-15(5-6-15)14(19)20)7-10-8-16-12-4-2-1-3-11(10)12/h1-4,10,16H,5-9H2,(H,17,18)(H,19,20). The Kier molecular flexibility index (Phi) is 3.12. The van der Waals surface area contributed by atoms with Gasteiger partial charge in [0.25, 0.3) is 0 Å². The average Bonchev–Trinajstić information content (AvgIpc) is 3.14. The Morgan fingerprint density at radius 3 is 2.80 bits per heavy atom. The number of benzene rings is 1. The molecule has 1 atom stereocenters. The molecule has 1 aliphatic carbocycles. The summed E-state index contributed by atoms with van der Waals surface area (Å²) in [5, 5.41) is 15.1. The molecule has 0 saturated heterocycles. The highest BCUT2D eigenvalue weighted by Gasteiger charge is 2.50. The summed E-state index contributed by atoms with van der Waals surface area (Å²) in [4.78, 5) is 23.0. The molecule has 1 aromatic carbocycles. The lowest BCUT2D eigenvalue weighted by Crippen LogP contribution is -2.34. The number of carbonyl (C=O) groups is 2. The van der Waals surface area contributed by atoms with E-state index < -0.39 is 11.4 Å². The SMILES string of the molecule is O=C(CC1CNc2ccccc21)NCC1(C(=O)O)CC1. The number of para-hydroxylation sites is 1. The van der Waals surface area contributed by atoms with E-state index in [0.717, 1.165) is 12.2 Å². The number of amides is 1. The number of aliphatic carboxylic acids is 1. The van der Waals surface area contributed by atoms with Crippen LogP contribution in [0.5, 0.6) is 0 Å². The molecule has 2 aliphatic rings. The lowest BCUT2D eigenvalue weighted by Gasteiger charge is -2.13. The highest BCUT2D eigenvalue weighted by Crippen LogP contribution is 2.45. The van der Waals surface area contributed by atoms with Crippen molar-refractivity contribution in [3.05, 3.63) is 29.8 Å². The van der Waals surface area contributed by atoms with Gasteiger partial charge in [0.15, 0.2) is 0 Å². The summed E-state index contributed by atoms with van der Waals surface area (Å²) in [7, 11) is 0. The van der Waals surface area contributed by atoms with Gasteiger partial charge < -0.3 is 15.7 Å². The summed E-state index contributed by atoms with van der Waals surface area (Å²) in [6.45, 7) is 1.01. The van der Waals surface area contributed by atoms with Crippen molar-refractivity contribution in [3.8, 4) is 0 Å². The van der Waals surface area contributed by atoms with Gasteiger partial charge in [-0.05, 0) is 24.5 Å². The van der Waals surface area contributed by atoms with Crippen LogP contribution in [-0.2, 0) is 9.59 Å². The molecule has 0 radical (unpaired) electrons. The molecule has 1 aliphatic heterocycles. The molecule has 5 heteroatoms. The van der Waals surface area contributed by atoms with Crippen molar-refractivity contribution in [1.29, 1.82) is 0 Å². The van der Waals surface area contributed by atoms with Gasteiger partial charge in [-0.15, -0.1) is 0 Å². The molecule has 1 unspecified atom stereocenters. The minimum atomic E-state index is -0.800. The molecule has 5 nitrogen and oxygen atoms in total. The van der Waals surface area contributed by atoms with E-state index in [-0.39, 0.29) is 18.4 Å². The zero-order valence-electron chi connectivity index (χ0n) is 11.2. The fourth-order valence-electron chi connectivity index (χ4n) is 2.72. The van der Waals surface area contributed by atoms with Gasteiger partial charge in [0.1, 0.15) is 0 Å². The number of fused-ring (bicyclic) bond motifs is 1. The van der Waals surface area contributed by atoms with Crippen molar-refractivity contribution in [2.45, 2.75) is 25.2 Å². The molecule has 1 heterocycles. The van der Waals surface area contributed by atoms with Crippen molar-refractivity contribution in [2.75, 3.05) is 18.4 Å². The van der Waals surface area contributed by atoms with Gasteiger partial charge >= 0.3 is 5.97 Å². The molecule has 1 amide bonds. The average molecular weight is 274 g/mol. The fraction of sp³-hybridized carbons (Fsp3) is 0.467. The third-order valence-corrected chi connectivity index (χ3v) is 4.30. The Hall–Kier alpha value is -2.04. The molecule has 0 aromatic heterocycles. The number of rotatable bonds is 5. The Bertz CT molecular complexity index is 552. The Morgan fingerprint density at radius 1 is 1.35 bits per heavy atom. The number of hydrogen-bond donors (Lipinski definition) is 3. The zero-order valence-corrected chi connectivity index (χ0v) is 11.2. The van der Waals surface area contributed by atoms with Gasteiger partial charge in [-0.1, -0.05) is 18.2 Å². The maximum absolute atomic E-state index is 12.0. The van der Waals surface area contributed by atoms with Crippen LogP contribution in [0.1, 0.15) is 30.7 Å². The number of hydrogen-bond acceptors (Lipinski definition) is 3. The van der Waals surface area contributed by atoms with Gasteiger partial charge in [-0.3, -0.25) is 9.59 Å². The van der Waals surface area contributed by atoms with E-state index in [2.05, 4.69) is 10.6 Å². The summed E-state index contributed by atoms with van der Waals surface area (Å²) in [6.07, 6.45) is 1.73. The van der Waals surface area contributed by atoms with Gasteiger partial charge in [0.05, 0.1) is 5.41 Å². The summed E-state index contributed by atoms with van der Waals surface area (Å²) >= 11 is 0. The minimum absolute atomic E-state index is 0.0685. The zero-order chi connectivity index (χ0) is 14.2. The van der Waals surface area contributed by atoms with Gasteiger partial charge in [0, 0.05) is 31.1 Å². The van der Waals surface area contributed by atoms with Crippen molar-refractivity contribution in [1.82, 2.24) is 5.32 Å². The Morgan fingerprint density at radius 2 is 2.10 bits per heavy atom. The van der Waals surface area contributed by atoms with Crippen molar-refractivity contribution in [3.63, 3.8) is 0 Å². The highest BCUT2D eigenvalue weighted by atomic mass is 16.4. The summed E-state index contributed by atoms with van der Waals surface area (Å²) in [5.41, 5.74) is 1.57. The van der Waals surface area contributed by atoms with Gasteiger partial charge in [0.2, 0.25) is 5.91 Å². The van der Waals surface area contributed by atoms with E-state index in [1.807, 2.05) is 24.3 Å². The predicted octanol–water partition coefficient (Wildman–Crippen LogP) is 1.57. The molecular weight excluding hydrogens is 256 g/mol. The largest absolute Gasteiger partial charge is 0.481 e. The second kappa shape index (κ2) is 4.81. The maximum atomic E-state index is 12.0. The van der Waals surface area contributed by atoms with Crippen LogP contribution in [0.3, 0.4) is 0 Å². The minimum Gasteiger partial charge on any atom is -0.481 e. The second-order valence-corrected chi connectivity index (χ2v) is 5.73. The lowest BCUT2D eigenvalue weighted by atomic mass is 9.97. The van der Waals surface area contributed by atoms with Crippen molar-refractivity contribution < 1.29 is 14.7 Å². The van der Waals surface area contributed by atoms with Crippen molar-refractivity contribution >= 4 is 17.6 Å². The summed E-state index contributed by atoms with van der Waals surface area (Å²) in [5.74, 6) is -0.696. The van der Waals surface area contributed by atoms with E-state index in [1.54, 1.807) is 0 Å². The number of carbonyl (C=O) groups excluding carboxylic acids is 1. The maximum Gasteiger partial charge on any atom is 0.311 e. The van der Waals surface area contributed by atoms with Crippen LogP contribution in [0.25, 0.3) is 0 Å². The molecule has 0 spiro atoms. The third kappa shape index (κ3) is 2.35. The van der Waals surface area contributed by atoms with E-state index in [9.17, 15) is 9.59 Å². The summed E-state index contributed by atoms with van der Waals surface area (Å²) in [6, 6.07) is 7.99. The molecular formula is C15H18N2O3. The number of nitrogens with one attached hydrogen (secondary N) is 2. The van der Waals surface area contributed by atoms with Crippen LogP contribution >= 0.6 is 0 Å². The first-order valence-corrected chi connectivity index (χ1v) is 6.94. The molecule has 0 bridgehead atoms. The predicted molar refractivity (Wildman–Crippen MR) is 74.6 cm³/mol. The molecule has 1 fully saturated rings. The Labute approximate surface area is 117 Å². The smallest absolute Gasteiger partial charge is 0.311 e.